The van der Waals surface area contributed by atoms with Gasteiger partial charge in [-0.1, -0.05) is 5.16 Å². The van der Waals surface area contributed by atoms with E-state index in [1.807, 2.05) is 0 Å². The molecule has 19 heteroatoms. The van der Waals surface area contributed by atoms with Gasteiger partial charge in [0.15, 0.2) is 17.5 Å². The highest BCUT2D eigenvalue weighted by Gasteiger charge is 2.58. The fraction of sp³-hybridized carbons (Fsp3) is 0.333. The standard InChI is InChI=1S/C18H22N8O9S2/c1-18(2)13(16(29)26(18)35-37(30,31)32)24-15(28)11(9-7-36-17(21)23-9)25-34-4-3-33-8-5-10(27)12(14(19)20)22-6-8/h5-7,13,27H,3-4H2,1-2H3,(H3,19,20)(H2,21,23)(H,24,28)(H,30,31,32). The van der Waals surface area contributed by atoms with Crippen molar-refractivity contribution in [2.24, 2.45) is 10.9 Å². The van der Waals surface area contributed by atoms with Crippen LogP contribution in [-0.2, 0) is 29.1 Å². The third kappa shape index (κ3) is 6.39. The lowest BCUT2D eigenvalue weighted by molar-refractivity contribution is -0.218. The van der Waals surface area contributed by atoms with Crippen molar-refractivity contribution in [2.45, 2.75) is 25.4 Å². The molecule has 1 aliphatic heterocycles. The summed E-state index contributed by atoms with van der Waals surface area (Å²) < 4.78 is 40.4. The largest absolute Gasteiger partial charge is 0.505 e. The van der Waals surface area contributed by atoms with Crippen LogP contribution in [0.2, 0.25) is 0 Å². The van der Waals surface area contributed by atoms with Crippen LogP contribution in [0.4, 0.5) is 5.13 Å². The lowest BCUT2D eigenvalue weighted by Crippen LogP contribution is -2.76. The predicted molar refractivity (Wildman–Crippen MR) is 127 cm³/mol. The van der Waals surface area contributed by atoms with E-state index < -0.39 is 39.6 Å². The van der Waals surface area contributed by atoms with Crippen molar-refractivity contribution in [2.75, 3.05) is 18.9 Å². The molecule has 37 heavy (non-hydrogen) atoms. The van der Waals surface area contributed by atoms with E-state index in [1.165, 1.54) is 31.5 Å². The molecule has 3 heterocycles. The number of rotatable bonds is 11. The van der Waals surface area contributed by atoms with Crippen LogP contribution in [0.25, 0.3) is 0 Å². The Balaban J connectivity index is 1.65. The lowest BCUT2D eigenvalue weighted by atomic mass is 9.84. The highest BCUT2D eigenvalue weighted by Crippen LogP contribution is 2.33. The molecule has 0 aromatic carbocycles. The van der Waals surface area contributed by atoms with Crippen LogP contribution in [-0.4, -0.2) is 81.3 Å². The number of pyridine rings is 1. The molecule has 1 fully saturated rings. The molecule has 0 radical (unpaired) electrons. The number of aromatic hydroxyl groups is 1. The number of thiazole rings is 1. The van der Waals surface area contributed by atoms with E-state index in [1.54, 1.807) is 0 Å². The number of carbonyl (C=O) groups excluding carboxylic acids is 2. The summed E-state index contributed by atoms with van der Waals surface area (Å²) in [6, 6.07) is -0.0273. The molecule has 17 nitrogen and oxygen atoms in total. The first-order valence-electron chi connectivity index (χ1n) is 10.1. The smallest absolute Gasteiger partial charge is 0.418 e. The number of hydroxylamine groups is 2. The number of ether oxygens (including phenoxy) is 1. The summed E-state index contributed by atoms with van der Waals surface area (Å²) in [5.74, 6) is -2.44. The Bertz CT molecular complexity index is 1360. The summed E-state index contributed by atoms with van der Waals surface area (Å²) in [6.45, 7) is 2.53. The molecule has 2 aromatic heterocycles. The van der Waals surface area contributed by atoms with Gasteiger partial charge in [-0.2, -0.15) is 13.5 Å². The number of nitrogens with two attached hydrogens (primary N) is 2. The fourth-order valence-corrected chi connectivity index (χ4v) is 4.05. The third-order valence-electron chi connectivity index (χ3n) is 4.80. The van der Waals surface area contributed by atoms with Crippen LogP contribution in [0, 0.1) is 5.41 Å². The van der Waals surface area contributed by atoms with Gasteiger partial charge in [-0.3, -0.25) is 19.6 Å². The van der Waals surface area contributed by atoms with Crippen LogP contribution >= 0.6 is 11.3 Å². The van der Waals surface area contributed by atoms with Gasteiger partial charge >= 0.3 is 10.4 Å². The number of nitrogens with one attached hydrogen (secondary N) is 2. The average Bonchev–Trinajstić information content (AvgIpc) is 3.22. The summed E-state index contributed by atoms with van der Waals surface area (Å²) in [7, 11) is -4.96. The molecule has 0 bridgehead atoms. The first-order valence-corrected chi connectivity index (χ1v) is 12.3. The molecule has 2 amide bonds. The number of nitrogen functional groups attached to an aromatic ring is 2. The van der Waals surface area contributed by atoms with E-state index in [4.69, 9.17) is 31.0 Å². The van der Waals surface area contributed by atoms with Gasteiger partial charge in [-0.05, 0) is 13.8 Å². The third-order valence-corrected chi connectivity index (χ3v) is 5.81. The Kier molecular flexibility index (Phi) is 7.81. The number of hydrogen-bond donors (Lipinski definition) is 6. The molecule has 0 aliphatic carbocycles. The maximum absolute atomic E-state index is 12.9. The number of aromatic nitrogens is 2. The Hall–Kier alpha value is -4.07. The maximum atomic E-state index is 12.9. The Morgan fingerprint density at radius 2 is 2.11 bits per heavy atom. The van der Waals surface area contributed by atoms with Crippen molar-refractivity contribution in [1.82, 2.24) is 20.3 Å². The number of anilines is 1. The molecule has 8 N–H and O–H groups in total. The van der Waals surface area contributed by atoms with Crippen LogP contribution in [0.5, 0.6) is 11.5 Å². The van der Waals surface area contributed by atoms with E-state index >= 15 is 0 Å². The summed E-state index contributed by atoms with van der Waals surface area (Å²) in [5, 5.41) is 25.2. The minimum absolute atomic E-state index is 0.0467. The number of β-lactam (4-membered cyclic amide) rings is 1. The second-order valence-corrected chi connectivity index (χ2v) is 9.73. The van der Waals surface area contributed by atoms with Crippen LogP contribution in [0.15, 0.2) is 22.8 Å². The zero-order valence-electron chi connectivity index (χ0n) is 19.2. The monoisotopic (exact) mass is 558 g/mol. The molecular weight excluding hydrogens is 536 g/mol. The molecule has 3 rings (SSSR count). The van der Waals surface area contributed by atoms with Crippen LogP contribution in [0.3, 0.4) is 0 Å². The van der Waals surface area contributed by atoms with Gasteiger partial charge in [0.05, 0.1) is 11.7 Å². The molecule has 1 aliphatic rings. The highest BCUT2D eigenvalue weighted by atomic mass is 32.3. The summed E-state index contributed by atoms with van der Waals surface area (Å²) in [4.78, 5) is 38.2. The van der Waals surface area contributed by atoms with Gasteiger partial charge in [0.1, 0.15) is 41.4 Å². The van der Waals surface area contributed by atoms with Gasteiger partial charge in [-0.25, -0.2) is 9.97 Å². The van der Waals surface area contributed by atoms with Crippen molar-refractivity contribution in [3.63, 3.8) is 0 Å². The van der Waals surface area contributed by atoms with Gasteiger partial charge in [0, 0.05) is 11.4 Å². The lowest BCUT2D eigenvalue weighted by Gasteiger charge is -2.50. The normalized spacial score (nSPS) is 17.2. The first kappa shape index (κ1) is 27.5. The van der Waals surface area contributed by atoms with Crippen molar-refractivity contribution in [3.05, 3.63) is 29.0 Å². The highest BCUT2D eigenvalue weighted by molar-refractivity contribution is 7.80. The molecule has 0 spiro atoms. The SMILES string of the molecule is CC1(C)C(NC(=O)C(=NOCCOc2cnc(C(=N)N)c(O)c2)c2csc(N)n2)C(=O)N1OS(=O)(=O)O. The second-order valence-electron chi connectivity index (χ2n) is 7.84. The molecule has 1 unspecified atom stereocenters. The quantitative estimate of drug-likeness (QED) is 0.0470. The molecule has 0 saturated carbocycles. The van der Waals surface area contributed by atoms with E-state index in [0.717, 1.165) is 11.3 Å². The number of nitrogens with zero attached hydrogens (tertiary/aromatic N) is 4. The van der Waals surface area contributed by atoms with Gasteiger partial charge < -0.3 is 31.5 Å². The topological polar surface area (TPSA) is 266 Å². The molecule has 1 atom stereocenters. The number of hydrogen-bond acceptors (Lipinski definition) is 14. The van der Waals surface area contributed by atoms with Crippen molar-refractivity contribution in [3.8, 4) is 11.5 Å². The number of carbonyl (C=O) groups is 2. The summed E-state index contributed by atoms with van der Waals surface area (Å²) >= 11 is 1.02. The zero-order chi connectivity index (χ0) is 27.5. The minimum Gasteiger partial charge on any atom is -0.505 e. The van der Waals surface area contributed by atoms with Gasteiger partial charge in [-0.15, -0.1) is 15.6 Å². The first-order chi connectivity index (χ1) is 17.2. The fourth-order valence-electron chi connectivity index (χ4n) is 3.05. The van der Waals surface area contributed by atoms with Crippen molar-refractivity contribution >= 4 is 50.2 Å². The van der Waals surface area contributed by atoms with E-state index in [-0.39, 0.29) is 46.9 Å². The Labute approximate surface area is 213 Å². The Morgan fingerprint density at radius 1 is 1.41 bits per heavy atom. The predicted octanol–water partition coefficient (Wildman–Crippen LogP) is -1.25. The van der Waals surface area contributed by atoms with E-state index in [9.17, 15) is 23.1 Å². The van der Waals surface area contributed by atoms with Gasteiger partial charge in [0.25, 0.3) is 11.8 Å². The van der Waals surface area contributed by atoms with Crippen molar-refractivity contribution < 1.29 is 41.5 Å². The van der Waals surface area contributed by atoms with Crippen LogP contribution < -0.4 is 21.5 Å². The Morgan fingerprint density at radius 3 is 2.65 bits per heavy atom. The second kappa shape index (κ2) is 10.5. The van der Waals surface area contributed by atoms with E-state index in [2.05, 4.69) is 24.7 Å². The molecular formula is C18H22N8O9S2. The molecule has 1 saturated heterocycles. The molecule has 200 valence electrons. The zero-order valence-corrected chi connectivity index (χ0v) is 20.9. The average molecular weight is 559 g/mol. The minimum atomic E-state index is -4.96. The molecule has 2 aromatic rings. The maximum Gasteiger partial charge on any atom is 0.418 e. The summed E-state index contributed by atoms with van der Waals surface area (Å²) in [5.41, 5.74) is 9.17. The number of amidine groups is 1. The number of oxime groups is 1. The van der Waals surface area contributed by atoms with Crippen molar-refractivity contribution in [1.29, 1.82) is 5.41 Å². The number of amides is 2. The van der Waals surface area contributed by atoms with E-state index in [0.29, 0.717) is 5.06 Å². The summed E-state index contributed by atoms with van der Waals surface area (Å²) in [6.07, 6.45) is 1.24. The van der Waals surface area contributed by atoms with Gasteiger partial charge in [0.2, 0.25) is 0 Å². The van der Waals surface area contributed by atoms with Crippen LogP contribution in [0.1, 0.15) is 25.2 Å².